The summed E-state index contributed by atoms with van der Waals surface area (Å²) in [6.45, 7) is 0.473. The average molecular weight is 328 g/mol. The lowest BCUT2D eigenvalue weighted by Crippen LogP contribution is -2.31. The van der Waals surface area contributed by atoms with Crippen LogP contribution in [0, 0.1) is 5.92 Å². The minimum Gasteiger partial charge on any atom is -0.489 e. The Labute approximate surface area is 140 Å². The van der Waals surface area contributed by atoms with Crippen molar-refractivity contribution in [2.75, 3.05) is 0 Å². The van der Waals surface area contributed by atoms with Gasteiger partial charge in [0.25, 0.3) is 0 Å². The maximum atomic E-state index is 11.4. The van der Waals surface area contributed by atoms with Crippen molar-refractivity contribution < 1.29 is 19.5 Å². The van der Waals surface area contributed by atoms with Gasteiger partial charge in [-0.3, -0.25) is 14.8 Å². The Bertz CT molecular complexity index is 671. The summed E-state index contributed by atoms with van der Waals surface area (Å²) in [6, 6.07) is 17.1. The summed E-state index contributed by atoms with van der Waals surface area (Å²) < 4.78 is 5.69. The summed E-state index contributed by atoms with van der Waals surface area (Å²) in [5, 5.41) is 8.55. The van der Waals surface area contributed by atoms with Gasteiger partial charge in [-0.25, -0.2) is 5.48 Å². The number of hydrogen-bond acceptors (Lipinski definition) is 4. The molecule has 0 fully saturated rings. The zero-order valence-electron chi connectivity index (χ0n) is 13.1. The first kappa shape index (κ1) is 17.5. The summed E-state index contributed by atoms with van der Waals surface area (Å²) in [4.78, 5) is 22.6. The molecule has 0 spiro atoms. The molecule has 0 aliphatic rings. The van der Waals surface area contributed by atoms with E-state index in [1.54, 1.807) is 0 Å². The number of nitrogens with two attached hydrogens (primary N) is 1. The van der Waals surface area contributed by atoms with E-state index in [-0.39, 0.29) is 6.42 Å². The van der Waals surface area contributed by atoms with Crippen molar-refractivity contribution in [3.05, 3.63) is 65.7 Å². The molecule has 2 aromatic rings. The number of rotatable bonds is 8. The number of amides is 2. The van der Waals surface area contributed by atoms with Crippen LogP contribution in [0.5, 0.6) is 5.75 Å². The third-order valence-corrected chi connectivity index (χ3v) is 3.61. The quantitative estimate of drug-likeness (QED) is 0.508. The highest BCUT2D eigenvalue weighted by atomic mass is 16.5. The van der Waals surface area contributed by atoms with Crippen LogP contribution in [0.25, 0.3) is 0 Å². The van der Waals surface area contributed by atoms with Crippen molar-refractivity contribution in [1.29, 1.82) is 0 Å². The summed E-state index contributed by atoms with van der Waals surface area (Å²) in [5.41, 5.74) is 8.75. The van der Waals surface area contributed by atoms with Gasteiger partial charge in [0.1, 0.15) is 12.4 Å². The summed E-state index contributed by atoms with van der Waals surface area (Å²) in [5.74, 6) is -1.18. The highest BCUT2D eigenvalue weighted by molar-refractivity contribution is 5.84. The molecular weight excluding hydrogens is 308 g/mol. The van der Waals surface area contributed by atoms with Crippen molar-refractivity contribution in [2.45, 2.75) is 19.4 Å². The Morgan fingerprint density at radius 3 is 2.29 bits per heavy atom. The second kappa shape index (κ2) is 8.69. The van der Waals surface area contributed by atoms with Crippen molar-refractivity contribution in [1.82, 2.24) is 5.48 Å². The van der Waals surface area contributed by atoms with E-state index in [1.807, 2.05) is 54.6 Å². The fourth-order valence-electron chi connectivity index (χ4n) is 2.29. The van der Waals surface area contributed by atoms with Crippen LogP contribution < -0.4 is 16.0 Å². The van der Waals surface area contributed by atoms with Gasteiger partial charge in [0.15, 0.2) is 0 Å². The molecule has 126 valence electrons. The summed E-state index contributed by atoms with van der Waals surface area (Å²) in [6.07, 6.45) is 0.166. The largest absolute Gasteiger partial charge is 0.489 e. The first-order valence-corrected chi connectivity index (χ1v) is 7.56. The van der Waals surface area contributed by atoms with E-state index < -0.39 is 17.7 Å². The molecule has 6 nitrogen and oxygen atoms in total. The number of benzene rings is 2. The molecule has 6 heteroatoms. The van der Waals surface area contributed by atoms with Gasteiger partial charge in [-0.05, 0) is 29.7 Å². The first-order chi connectivity index (χ1) is 11.6. The summed E-state index contributed by atoms with van der Waals surface area (Å²) in [7, 11) is 0. The Morgan fingerprint density at radius 1 is 1.04 bits per heavy atom. The number of ether oxygens (including phenoxy) is 1. The van der Waals surface area contributed by atoms with Gasteiger partial charge >= 0.3 is 0 Å². The second-order valence-electron chi connectivity index (χ2n) is 5.46. The molecule has 0 radical (unpaired) electrons. The molecular formula is C18H20N2O4. The third-order valence-electron chi connectivity index (χ3n) is 3.61. The van der Waals surface area contributed by atoms with E-state index in [9.17, 15) is 9.59 Å². The Balaban J connectivity index is 1.92. The van der Waals surface area contributed by atoms with Gasteiger partial charge in [-0.15, -0.1) is 0 Å². The minimum absolute atomic E-state index is 0.155. The van der Waals surface area contributed by atoms with E-state index in [2.05, 4.69) is 0 Å². The van der Waals surface area contributed by atoms with Crippen molar-refractivity contribution in [3.8, 4) is 5.75 Å². The highest BCUT2D eigenvalue weighted by Gasteiger charge is 2.19. The number of nitrogens with one attached hydrogen (secondary N) is 1. The number of primary amides is 1. The fraction of sp³-hybridized carbons (Fsp3) is 0.222. The SMILES string of the molecule is NC(=O)[C@@H](CC(=O)NO)Cc1ccc(OCc2ccccc2)cc1. The Hall–Kier alpha value is -2.86. The predicted octanol–water partition coefficient (Wildman–Crippen LogP) is 1.81. The molecule has 0 aliphatic carbocycles. The molecule has 2 rings (SSSR count). The first-order valence-electron chi connectivity index (χ1n) is 7.56. The maximum Gasteiger partial charge on any atom is 0.244 e. The van der Waals surface area contributed by atoms with E-state index in [4.69, 9.17) is 15.7 Å². The topological polar surface area (TPSA) is 102 Å². The molecule has 2 amide bonds. The van der Waals surface area contributed by atoms with Crippen LogP contribution in [0.1, 0.15) is 17.5 Å². The van der Waals surface area contributed by atoms with Crippen molar-refractivity contribution in [2.24, 2.45) is 11.7 Å². The molecule has 4 N–H and O–H groups in total. The monoisotopic (exact) mass is 328 g/mol. The van der Waals surface area contributed by atoms with E-state index >= 15 is 0 Å². The molecule has 24 heavy (non-hydrogen) atoms. The molecule has 0 saturated heterocycles. The number of carbonyl (C=O) groups is 2. The van der Waals surface area contributed by atoms with Crippen LogP contribution in [-0.4, -0.2) is 17.0 Å². The van der Waals surface area contributed by atoms with Crippen LogP contribution in [0.3, 0.4) is 0 Å². The zero-order chi connectivity index (χ0) is 17.4. The van der Waals surface area contributed by atoms with Crippen LogP contribution in [0.2, 0.25) is 0 Å². The number of hydrogen-bond donors (Lipinski definition) is 3. The highest BCUT2D eigenvalue weighted by Crippen LogP contribution is 2.18. The van der Waals surface area contributed by atoms with Gasteiger partial charge in [0, 0.05) is 6.42 Å². The van der Waals surface area contributed by atoms with Crippen LogP contribution in [0.15, 0.2) is 54.6 Å². The number of hydroxylamine groups is 1. The summed E-state index contributed by atoms with van der Waals surface area (Å²) >= 11 is 0. The van der Waals surface area contributed by atoms with Crippen LogP contribution in [0.4, 0.5) is 0 Å². The van der Waals surface area contributed by atoms with E-state index in [0.29, 0.717) is 18.8 Å². The molecule has 0 saturated carbocycles. The normalized spacial score (nSPS) is 11.5. The Kier molecular flexibility index (Phi) is 6.33. The molecule has 0 aromatic heterocycles. The molecule has 2 aromatic carbocycles. The van der Waals surface area contributed by atoms with Crippen LogP contribution in [-0.2, 0) is 22.6 Å². The third kappa shape index (κ3) is 5.40. The van der Waals surface area contributed by atoms with Gasteiger partial charge in [-0.2, -0.15) is 0 Å². The lowest BCUT2D eigenvalue weighted by Gasteiger charge is -2.13. The van der Waals surface area contributed by atoms with Crippen molar-refractivity contribution in [3.63, 3.8) is 0 Å². The smallest absolute Gasteiger partial charge is 0.244 e. The van der Waals surface area contributed by atoms with Gasteiger partial charge in [0.2, 0.25) is 11.8 Å². The molecule has 0 aliphatic heterocycles. The zero-order valence-corrected chi connectivity index (χ0v) is 13.1. The average Bonchev–Trinajstić information content (AvgIpc) is 2.61. The lowest BCUT2D eigenvalue weighted by atomic mass is 9.95. The van der Waals surface area contributed by atoms with Gasteiger partial charge in [0.05, 0.1) is 5.92 Å². The van der Waals surface area contributed by atoms with Crippen molar-refractivity contribution >= 4 is 11.8 Å². The molecule has 0 bridgehead atoms. The second-order valence-corrected chi connectivity index (χ2v) is 5.46. The molecule has 1 atom stereocenters. The maximum absolute atomic E-state index is 11.4. The van der Waals surface area contributed by atoms with Gasteiger partial charge in [-0.1, -0.05) is 42.5 Å². The lowest BCUT2D eigenvalue weighted by molar-refractivity contribution is -0.133. The minimum atomic E-state index is -0.673. The van der Waals surface area contributed by atoms with Gasteiger partial charge < -0.3 is 10.5 Å². The van der Waals surface area contributed by atoms with Crippen LogP contribution >= 0.6 is 0 Å². The van der Waals surface area contributed by atoms with E-state index in [0.717, 1.165) is 11.1 Å². The Morgan fingerprint density at radius 2 is 1.71 bits per heavy atom. The van der Waals surface area contributed by atoms with E-state index in [1.165, 1.54) is 5.48 Å². The fourth-order valence-corrected chi connectivity index (χ4v) is 2.29. The standard InChI is InChI=1S/C18H20N2O4/c19-18(22)15(11-17(21)20-23)10-13-6-8-16(9-7-13)24-12-14-4-2-1-3-5-14/h1-9,15,23H,10-12H2,(H2,19,22)(H,20,21)/t15-/m1/s1. The predicted molar refractivity (Wildman–Crippen MR) is 88.2 cm³/mol. The number of carbonyl (C=O) groups excluding carboxylic acids is 2. The molecule has 0 heterocycles. The molecule has 0 unspecified atom stereocenters.